The summed E-state index contributed by atoms with van der Waals surface area (Å²) in [6.07, 6.45) is -0.0263. The largest absolute Gasteiger partial charge is 0.444 e. The van der Waals surface area contributed by atoms with E-state index in [1.807, 2.05) is 20.8 Å². The molecule has 0 aromatic rings. The highest BCUT2D eigenvalue weighted by Crippen LogP contribution is 2.22. The number of carbonyl (C=O) groups is 2. The molecule has 1 fully saturated rings. The molecular formula is C13H23NO4. The molecule has 1 aliphatic heterocycles. The standard InChI is InChI=1S/C13H23NO4/c1-9(15)7-10-5-6-14(8-11(10)16)12(17)18-13(2,3)4/h10-11,16H,5-8H2,1-4H3. The number of hydrogen-bond donors (Lipinski definition) is 1. The zero-order valence-corrected chi connectivity index (χ0v) is 11.6. The Balaban J connectivity index is 2.50. The van der Waals surface area contributed by atoms with Crippen LogP contribution in [0.5, 0.6) is 0 Å². The fraction of sp³-hybridized carbons (Fsp3) is 0.846. The van der Waals surface area contributed by atoms with Crippen molar-refractivity contribution in [2.24, 2.45) is 5.92 Å². The van der Waals surface area contributed by atoms with Crippen LogP contribution in [0, 0.1) is 5.92 Å². The second-order valence-corrected chi connectivity index (χ2v) is 5.95. The Kier molecular flexibility index (Phi) is 4.73. The number of carbonyl (C=O) groups excluding carboxylic acids is 2. The summed E-state index contributed by atoms with van der Waals surface area (Å²) in [4.78, 5) is 24.4. The van der Waals surface area contributed by atoms with E-state index >= 15 is 0 Å². The van der Waals surface area contributed by atoms with Crippen molar-refractivity contribution < 1.29 is 19.4 Å². The van der Waals surface area contributed by atoms with Crippen LogP contribution in [0.4, 0.5) is 4.79 Å². The number of likely N-dealkylation sites (tertiary alicyclic amines) is 1. The zero-order valence-electron chi connectivity index (χ0n) is 11.6. The fourth-order valence-electron chi connectivity index (χ4n) is 2.08. The van der Waals surface area contributed by atoms with Gasteiger partial charge in [0.1, 0.15) is 11.4 Å². The first-order valence-corrected chi connectivity index (χ1v) is 6.34. The highest BCUT2D eigenvalue weighted by molar-refractivity contribution is 5.75. The van der Waals surface area contributed by atoms with Gasteiger partial charge < -0.3 is 19.5 Å². The quantitative estimate of drug-likeness (QED) is 0.815. The van der Waals surface area contributed by atoms with Gasteiger partial charge in [-0.15, -0.1) is 0 Å². The molecule has 1 aliphatic rings. The lowest BCUT2D eigenvalue weighted by molar-refractivity contribution is -0.119. The smallest absolute Gasteiger partial charge is 0.410 e. The van der Waals surface area contributed by atoms with Crippen LogP contribution in [-0.2, 0) is 9.53 Å². The molecule has 1 amide bonds. The Bertz CT molecular complexity index is 321. The lowest BCUT2D eigenvalue weighted by Gasteiger charge is -2.36. The van der Waals surface area contributed by atoms with Crippen molar-refractivity contribution in [3.8, 4) is 0 Å². The number of ether oxygens (including phenoxy) is 1. The summed E-state index contributed by atoms with van der Waals surface area (Å²) in [5.41, 5.74) is -0.529. The Morgan fingerprint density at radius 1 is 1.39 bits per heavy atom. The molecule has 104 valence electrons. The summed E-state index contributed by atoms with van der Waals surface area (Å²) in [5, 5.41) is 9.93. The van der Waals surface area contributed by atoms with Crippen LogP contribution >= 0.6 is 0 Å². The van der Waals surface area contributed by atoms with Gasteiger partial charge in [0.2, 0.25) is 0 Å². The molecule has 0 radical (unpaired) electrons. The molecule has 1 saturated heterocycles. The van der Waals surface area contributed by atoms with Crippen LogP contribution in [0.25, 0.3) is 0 Å². The number of piperidine rings is 1. The summed E-state index contributed by atoms with van der Waals surface area (Å²) in [5.74, 6) is 0.0333. The minimum absolute atomic E-state index is 0.0406. The topological polar surface area (TPSA) is 66.8 Å². The first-order chi connectivity index (χ1) is 8.19. The van der Waals surface area contributed by atoms with Gasteiger partial charge in [-0.2, -0.15) is 0 Å². The normalized spacial score (nSPS) is 24.8. The lowest BCUT2D eigenvalue weighted by atomic mass is 9.89. The first kappa shape index (κ1) is 15.0. The van der Waals surface area contributed by atoms with Gasteiger partial charge >= 0.3 is 6.09 Å². The number of β-amino-alcohol motifs (C(OH)–C–C–N with tert-alkyl or cyclic N) is 1. The second kappa shape index (κ2) is 5.69. The van der Waals surface area contributed by atoms with E-state index in [-0.39, 0.29) is 18.2 Å². The predicted molar refractivity (Wildman–Crippen MR) is 67.2 cm³/mol. The van der Waals surface area contributed by atoms with Crippen LogP contribution in [0.3, 0.4) is 0 Å². The van der Waals surface area contributed by atoms with Crippen molar-refractivity contribution >= 4 is 11.9 Å². The van der Waals surface area contributed by atoms with Gasteiger partial charge in [0.25, 0.3) is 0 Å². The number of hydrogen-bond acceptors (Lipinski definition) is 4. The molecule has 1 heterocycles. The maximum Gasteiger partial charge on any atom is 0.410 e. The third-order valence-corrected chi connectivity index (χ3v) is 2.92. The molecule has 2 unspecified atom stereocenters. The van der Waals surface area contributed by atoms with E-state index in [0.717, 1.165) is 0 Å². The monoisotopic (exact) mass is 257 g/mol. The summed E-state index contributed by atoms with van der Waals surface area (Å²) < 4.78 is 5.25. The molecule has 1 N–H and O–H groups in total. The number of ketones is 1. The molecule has 0 aromatic carbocycles. The van der Waals surface area contributed by atoms with Gasteiger partial charge in [-0.05, 0) is 40.0 Å². The van der Waals surface area contributed by atoms with Crippen molar-refractivity contribution in [2.75, 3.05) is 13.1 Å². The minimum atomic E-state index is -0.643. The fourth-order valence-corrected chi connectivity index (χ4v) is 2.08. The average Bonchev–Trinajstić information content (AvgIpc) is 2.17. The highest BCUT2D eigenvalue weighted by atomic mass is 16.6. The number of aliphatic hydroxyl groups excluding tert-OH is 1. The van der Waals surface area contributed by atoms with Crippen molar-refractivity contribution in [3.63, 3.8) is 0 Å². The molecule has 0 bridgehead atoms. The van der Waals surface area contributed by atoms with E-state index in [0.29, 0.717) is 19.4 Å². The van der Waals surface area contributed by atoms with E-state index < -0.39 is 17.8 Å². The molecule has 0 aliphatic carbocycles. The van der Waals surface area contributed by atoms with E-state index in [2.05, 4.69) is 0 Å². The molecule has 2 atom stereocenters. The van der Waals surface area contributed by atoms with Gasteiger partial charge in [0.15, 0.2) is 0 Å². The molecular weight excluding hydrogens is 234 g/mol. The third kappa shape index (κ3) is 4.64. The summed E-state index contributed by atoms with van der Waals surface area (Å²) in [7, 11) is 0. The molecule has 1 rings (SSSR count). The number of amides is 1. The number of rotatable bonds is 2. The number of Topliss-reactive ketones (excluding diaryl/α,β-unsaturated/α-hetero) is 1. The Morgan fingerprint density at radius 3 is 2.44 bits per heavy atom. The Hall–Kier alpha value is -1.10. The van der Waals surface area contributed by atoms with E-state index in [1.165, 1.54) is 11.8 Å². The predicted octanol–water partition coefficient (Wildman–Crippen LogP) is 1.58. The van der Waals surface area contributed by atoms with Gasteiger partial charge in [-0.1, -0.05) is 0 Å². The first-order valence-electron chi connectivity index (χ1n) is 6.34. The SMILES string of the molecule is CC(=O)CC1CCN(C(=O)OC(C)(C)C)CC1O. The van der Waals surface area contributed by atoms with Crippen LogP contribution in [0.2, 0.25) is 0 Å². The zero-order chi connectivity index (χ0) is 13.9. The number of aliphatic hydroxyl groups is 1. The van der Waals surface area contributed by atoms with E-state index in [4.69, 9.17) is 4.74 Å². The van der Waals surface area contributed by atoms with Crippen LogP contribution in [-0.4, -0.2) is 46.7 Å². The molecule has 0 spiro atoms. The maximum atomic E-state index is 11.8. The van der Waals surface area contributed by atoms with Gasteiger partial charge in [0, 0.05) is 13.0 Å². The van der Waals surface area contributed by atoms with Gasteiger partial charge in [-0.3, -0.25) is 0 Å². The Labute approximate surface area is 108 Å². The minimum Gasteiger partial charge on any atom is -0.444 e. The van der Waals surface area contributed by atoms with Crippen molar-refractivity contribution in [2.45, 2.75) is 52.2 Å². The second-order valence-electron chi connectivity index (χ2n) is 5.95. The van der Waals surface area contributed by atoms with Crippen LogP contribution in [0.1, 0.15) is 40.5 Å². The van der Waals surface area contributed by atoms with Crippen molar-refractivity contribution in [1.29, 1.82) is 0 Å². The molecule has 18 heavy (non-hydrogen) atoms. The lowest BCUT2D eigenvalue weighted by Crippen LogP contribution is -2.48. The van der Waals surface area contributed by atoms with Crippen LogP contribution < -0.4 is 0 Å². The molecule has 5 nitrogen and oxygen atoms in total. The molecule has 0 aromatic heterocycles. The molecule has 0 saturated carbocycles. The maximum absolute atomic E-state index is 11.8. The van der Waals surface area contributed by atoms with Crippen molar-refractivity contribution in [1.82, 2.24) is 4.90 Å². The average molecular weight is 257 g/mol. The summed E-state index contributed by atoms with van der Waals surface area (Å²) >= 11 is 0. The van der Waals surface area contributed by atoms with Crippen LogP contribution in [0.15, 0.2) is 0 Å². The van der Waals surface area contributed by atoms with E-state index in [1.54, 1.807) is 0 Å². The summed E-state index contributed by atoms with van der Waals surface area (Å²) in [6, 6.07) is 0. The highest BCUT2D eigenvalue weighted by Gasteiger charge is 2.32. The summed E-state index contributed by atoms with van der Waals surface area (Å²) in [6.45, 7) is 7.72. The molecule has 5 heteroatoms. The number of nitrogens with zero attached hydrogens (tertiary/aromatic N) is 1. The van der Waals surface area contributed by atoms with E-state index in [9.17, 15) is 14.7 Å². The van der Waals surface area contributed by atoms with Gasteiger partial charge in [0.05, 0.1) is 12.6 Å². The van der Waals surface area contributed by atoms with Gasteiger partial charge in [-0.25, -0.2) is 4.79 Å². The third-order valence-electron chi connectivity index (χ3n) is 2.92. The van der Waals surface area contributed by atoms with Crippen molar-refractivity contribution in [3.05, 3.63) is 0 Å². The Morgan fingerprint density at radius 2 is 2.00 bits per heavy atom.